The normalized spacial score (nSPS) is 12.9. The SMILES string of the molecule is CC(ON=C(N)N)C(C(N)=O)n1cccc(CNS(=O)(=O)Cc2cccc3ccccc23)c1=O.O=C(O)C(F)(F)F. The van der Waals surface area contributed by atoms with Crippen molar-refractivity contribution in [2.45, 2.75) is 37.5 Å². The molecule has 2 aromatic carbocycles. The van der Waals surface area contributed by atoms with E-state index in [1.807, 2.05) is 30.3 Å². The Hall–Kier alpha value is -4.64. The van der Waals surface area contributed by atoms with Gasteiger partial charge >= 0.3 is 12.1 Å². The smallest absolute Gasteiger partial charge is 0.475 e. The van der Waals surface area contributed by atoms with Gasteiger partial charge in [-0.25, -0.2) is 17.9 Å². The summed E-state index contributed by atoms with van der Waals surface area (Å²) in [5.74, 6) is -4.23. The zero-order valence-electron chi connectivity index (χ0n) is 21.4. The first-order valence-electron chi connectivity index (χ1n) is 11.5. The second-order valence-corrected chi connectivity index (χ2v) is 10.2. The van der Waals surface area contributed by atoms with Gasteiger partial charge in [-0.1, -0.05) is 48.5 Å². The molecule has 0 spiro atoms. The van der Waals surface area contributed by atoms with E-state index in [4.69, 9.17) is 31.9 Å². The molecule has 0 bridgehead atoms. The number of oxime groups is 1. The number of halogens is 3. The van der Waals surface area contributed by atoms with Crippen LogP contribution in [0, 0.1) is 0 Å². The average molecular weight is 601 g/mol. The highest BCUT2D eigenvalue weighted by molar-refractivity contribution is 7.88. The highest BCUT2D eigenvalue weighted by atomic mass is 32.2. The summed E-state index contributed by atoms with van der Waals surface area (Å²) in [7, 11) is -3.78. The lowest BCUT2D eigenvalue weighted by Gasteiger charge is -2.22. The minimum absolute atomic E-state index is 0.115. The molecule has 8 N–H and O–H groups in total. The first kappa shape index (κ1) is 32.6. The maximum absolute atomic E-state index is 13.0. The van der Waals surface area contributed by atoms with Crippen LogP contribution in [0.15, 0.2) is 70.7 Å². The minimum Gasteiger partial charge on any atom is -0.475 e. The van der Waals surface area contributed by atoms with Crippen molar-refractivity contribution in [1.82, 2.24) is 9.29 Å². The van der Waals surface area contributed by atoms with Crippen LogP contribution in [0.1, 0.15) is 24.1 Å². The number of carbonyl (C=O) groups excluding carboxylic acids is 1. The number of nitrogens with two attached hydrogens (primary N) is 3. The van der Waals surface area contributed by atoms with E-state index in [2.05, 4.69) is 9.88 Å². The molecule has 222 valence electrons. The maximum atomic E-state index is 13.0. The summed E-state index contributed by atoms with van der Waals surface area (Å²) < 4.78 is 60.8. The molecule has 41 heavy (non-hydrogen) atoms. The number of carboxylic acid groups (broad SMARTS) is 1. The average Bonchev–Trinajstić information content (AvgIpc) is 2.87. The van der Waals surface area contributed by atoms with Gasteiger partial charge in [-0.3, -0.25) is 14.2 Å². The van der Waals surface area contributed by atoms with Crippen LogP contribution in [0.4, 0.5) is 13.2 Å². The topological polar surface area (TPSA) is 222 Å². The molecule has 17 heteroatoms. The molecule has 13 nitrogen and oxygen atoms in total. The molecule has 3 aromatic rings. The Labute approximate surface area is 231 Å². The van der Waals surface area contributed by atoms with Crippen molar-refractivity contribution in [1.29, 1.82) is 0 Å². The van der Waals surface area contributed by atoms with Crippen LogP contribution in [0.25, 0.3) is 10.8 Å². The first-order valence-corrected chi connectivity index (χ1v) is 13.2. The van der Waals surface area contributed by atoms with Gasteiger partial charge in [0.25, 0.3) is 5.56 Å². The predicted octanol–water partition coefficient (Wildman–Crippen LogP) is 0.874. The number of aromatic nitrogens is 1. The Kier molecular flexibility index (Phi) is 10.8. The highest BCUT2D eigenvalue weighted by Crippen LogP contribution is 2.20. The number of alkyl halides is 3. The largest absolute Gasteiger partial charge is 0.490 e. The van der Waals surface area contributed by atoms with E-state index in [-0.39, 0.29) is 23.8 Å². The van der Waals surface area contributed by atoms with E-state index in [9.17, 15) is 31.2 Å². The maximum Gasteiger partial charge on any atom is 0.490 e. The van der Waals surface area contributed by atoms with Gasteiger partial charge in [0.2, 0.25) is 21.9 Å². The second kappa shape index (κ2) is 13.6. The number of nitrogens with zero attached hydrogens (tertiary/aromatic N) is 2. The summed E-state index contributed by atoms with van der Waals surface area (Å²) in [6.45, 7) is 1.19. The van der Waals surface area contributed by atoms with Crippen LogP contribution < -0.4 is 27.5 Å². The third kappa shape index (κ3) is 9.50. The molecule has 0 aliphatic heterocycles. The number of hydrogen-bond donors (Lipinski definition) is 5. The molecule has 0 fully saturated rings. The number of sulfonamides is 1. The minimum atomic E-state index is -5.08. The zero-order chi connectivity index (χ0) is 31.0. The van der Waals surface area contributed by atoms with Crippen molar-refractivity contribution in [3.05, 3.63) is 82.3 Å². The lowest BCUT2D eigenvalue weighted by atomic mass is 10.1. The molecule has 1 amide bonds. The number of benzene rings is 2. The number of rotatable bonds is 10. The molecular weight excluding hydrogens is 573 g/mol. The molecule has 1 heterocycles. The van der Waals surface area contributed by atoms with Crippen molar-refractivity contribution in [3.8, 4) is 0 Å². The van der Waals surface area contributed by atoms with Crippen LogP contribution in [0.5, 0.6) is 0 Å². The molecule has 0 saturated heterocycles. The second-order valence-electron chi connectivity index (χ2n) is 8.44. The summed E-state index contributed by atoms with van der Waals surface area (Å²) in [5, 5.41) is 12.3. The number of hydrogen-bond acceptors (Lipinski definition) is 7. The Bertz CT molecular complexity index is 1580. The van der Waals surface area contributed by atoms with Crippen LogP contribution in [0.3, 0.4) is 0 Å². The van der Waals surface area contributed by atoms with E-state index >= 15 is 0 Å². The number of fused-ring (bicyclic) bond motifs is 1. The monoisotopic (exact) mass is 600 g/mol. The molecule has 0 aliphatic rings. The molecule has 2 unspecified atom stereocenters. The van der Waals surface area contributed by atoms with E-state index in [0.717, 1.165) is 15.3 Å². The Morgan fingerprint density at radius 3 is 2.22 bits per heavy atom. The van der Waals surface area contributed by atoms with Gasteiger partial charge in [0.05, 0.1) is 5.75 Å². The Morgan fingerprint density at radius 1 is 1.05 bits per heavy atom. The number of guanidine groups is 1. The lowest BCUT2D eigenvalue weighted by Crippen LogP contribution is -2.42. The summed E-state index contributed by atoms with van der Waals surface area (Å²) in [5.41, 5.74) is 16.1. The highest BCUT2D eigenvalue weighted by Gasteiger charge is 2.38. The fourth-order valence-electron chi connectivity index (χ4n) is 3.57. The molecule has 0 aliphatic carbocycles. The van der Waals surface area contributed by atoms with Gasteiger partial charge in [-0.05, 0) is 34.5 Å². The van der Waals surface area contributed by atoms with Crippen molar-refractivity contribution in [2.75, 3.05) is 0 Å². The number of amides is 1. The number of primary amides is 1. The molecular formula is C24H27F3N6O7S. The first-order chi connectivity index (χ1) is 19.0. The third-order valence-electron chi connectivity index (χ3n) is 5.36. The standard InChI is InChI=1S/C22H26N6O5S.C2HF3O2/c1-14(33-27-22(24)25)19(20(23)29)28-11-5-9-16(21(28)30)12-26-34(31,32)13-17-8-4-7-15-6-2-3-10-18(15)17;3-2(4,5)1(6)7/h2-11,14,19,26H,12-13H2,1H3,(H2,23,29)(H4,24,25,27);(H,6,7). The van der Waals surface area contributed by atoms with Gasteiger partial charge in [-0.2, -0.15) is 13.2 Å². The number of carbonyl (C=O) groups is 2. The van der Waals surface area contributed by atoms with E-state index in [1.165, 1.54) is 25.3 Å². The lowest BCUT2D eigenvalue weighted by molar-refractivity contribution is -0.192. The van der Waals surface area contributed by atoms with Crippen molar-refractivity contribution >= 4 is 38.6 Å². The van der Waals surface area contributed by atoms with Crippen LogP contribution in [-0.2, 0) is 36.7 Å². The molecule has 1 aromatic heterocycles. The van der Waals surface area contributed by atoms with Gasteiger partial charge in [0, 0.05) is 18.3 Å². The van der Waals surface area contributed by atoms with E-state index in [0.29, 0.717) is 5.56 Å². The molecule has 0 saturated carbocycles. The summed E-state index contributed by atoms with van der Waals surface area (Å²) in [6, 6.07) is 14.6. The number of carboxylic acids is 1. The quantitative estimate of drug-likeness (QED) is 0.126. The molecule has 2 atom stereocenters. The summed E-state index contributed by atoms with van der Waals surface area (Å²) in [4.78, 5) is 39.0. The zero-order valence-corrected chi connectivity index (χ0v) is 22.2. The Morgan fingerprint density at radius 2 is 1.63 bits per heavy atom. The van der Waals surface area contributed by atoms with Gasteiger partial charge in [0.15, 0.2) is 12.1 Å². The summed E-state index contributed by atoms with van der Waals surface area (Å²) >= 11 is 0. The van der Waals surface area contributed by atoms with Gasteiger partial charge in [-0.15, -0.1) is 0 Å². The summed E-state index contributed by atoms with van der Waals surface area (Å²) in [6.07, 6.45) is -4.71. The van der Waals surface area contributed by atoms with Crippen molar-refractivity contribution in [3.63, 3.8) is 0 Å². The fraction of sp³-hybridized carbons (Fsp3) is 0.250. The number of nitrogens with one attached hydrogen (secondary N) is 1. The molecule has 0 radical (unpaired) electrons. The van der Waals surface area contributed by atoms with Crippen LogP contribution in [-0.4, -0.2) is 48.2 Å². The van der Waals surface area contributed by atoms with Crippen molar-refractivity contribution in [2.24, 2.45) is 22.4 Å². The fourth-order valence-corrected chi connectivity index (χ4v) is 4.71. The molecule has 3 rings (SSSR count). The number of pyridine rings is 1. The van der Waals surface area contributed by atoms with E-state index in [1.54, 1.807) is 12.1 Å². The van der Waals surface area contributed by atoms with Crippen LogP contribution >= 0.6 is 0 Å². The van der Waals surface area contributed by atoms with Crippen molar-refractivity contribution < 1.29 is 41.1 Å². The van der Waals surface area contributed by atoms with Crippen LogP contribution in [0.2, 0.25) is 0 Å². The van der Waals surface area contributed by atoms with E-state index < -0.39 is 45.8 Å². The van der Waals surface area contributed by atoms with Gasteiger partial charge < -0.3 is 27.1 Å². The predicted molar refractivity (Wildman–Crippen MR) is 142 cm³/mol. The Balaban J connectivity index is 0.000000745. The number of aliphatic carboxylic acids is 1. The third-order valence-corrected chi connectivity index (χ3v) is 6.64. The van der Waals surface area contributed by atoms with Gasteiger partial charge in [0.1, 0.15) is 0 Å².